The summed E-state index contributed by atoms with van der Waals surface area (Å²) in [4.78, 5) is 11.6. The number of nitrogens with one attached hydrogen (secondary N) is 1. The van der Waals surface area contributed by atoms with Gasteiger partial charge < -0.3 is 5.32 Å². The van der Waals surface area contributed by atoms with Crippen LogP contribution in [0.5, 0.6) is 0 Å². The summed E-state index contributed by atoms with van der Waals surface area (Å²) in [6.45, 7) is 2.04. The zero-order valence-electron chi connectivity index (χ0n) is 12.5. The van der Waals surface area contributed by atoms with Gasteiger partial charge in [-0.3, -0.25) is 0 Å². The van der Waals surface area contributed by atoms with Crippen LogP contribution in [0.25, 0.3) is 21.8 Å². The standard InChI is InChI=1S/C17H14N6/c1-12-5-2-3-8-15(12)20-16-9-10-19-17(21-16)13-6-4-7-14(11-13)22-23-18/h2-11H,1H3,(H,19,20,21). The van der Waals surface area contributed by atoms with Crippen molar-refractivity contribution in [2.75, 3.05) is 5.32 Å². The van der Waals surface area contributed by atoms with Crippen LogP contribution in [0.15, 0.2) is 65.9 Å². The minimum absolute atomic E-state index is 0.533. The van der Waals surface area contributed by atoms with Gasteiger partial charge in [-0.25, -0.2) is 9.97 Å². The van der Waals surface area contributed by atoms with E-state index >= 15 is 0 Å². The van der Waals surface area contributed by atoms with Gasteiger partial charge >= 0.3 is 0 Å². The van der Waals surface area contributed by atoms with Crippen LogP contribution in [0, 0.1) is 6.92 Å². The Kier molecular flexibility index (Phi) is 4.18. The first kappa shape index (κ1) is 14.6. The number of hydrogen-bond donors (Lipinski definition) is 1. The minimum atomic E-state index is 0.533. The molecule has 6 nitrogen and oxygen atoms in total. The highest BCUT2D eigenvalue weighted by Crippen LogP contribution is 2.24. The van der Waals surface area contributed by atoms with E-state index in [1.54, 1.807) is 18.3 Å². The molecular formula is C17H14N6. The molecule has 1 N–H and O–H groups in total. The van der Waals surface area contributed by atoms with Crippen LogP contribution in [0.1, 0.15) is 5.56 Å². The fourth-order valence-electron chi connectivity index (χ4n) is 2.18. The molecule has 0 radical (unpaired) electrons. The first-order chi connectivity index (χ1) is 11.3. The van der Waals surface area contributed by atoms with E-state index < -0.39 is 0 Å². The number of para-hydroxylation sites is 1. The highest BCUT2D eigenvalue weighted by Gasteiger charge is 2.05. The van der Waals surface area contributed by atoms with E-state index in [0.717, 1.165) is 16.8 Å². The molecule has 1 aromatic heterocycles. The van der Waals surface area contributed by atoms with Gasteiger partial charge in [-0.05, 0) is 36.2 Å². The Bertz CT molecular complexity index is 884. The molecular weight excluding hydrogens is 288 g/mol. The summed E-state index contributed by atoms with van der Waals surface area (Å²) in [6, 6.07) is 17.0. The fourth-order valence-corrected chi connectivity index (χ4v) is 2.18. The summed E-state index contributed by atoms with van der Waals surface area (Å²) >= 11 is 0. The lowest BCUT2D eigenvalue weighted by Gasteiger charge is -2.09. The molecule has 3 aromatic rings. The van der Waals surface area contributed by atoms with Crippen LogP contribution in [-0.4, -0.2) is 9.97 Å². The third kappa shape index (κ3) is 3.45. The van der Waals surface area contributed by atoms with E-state index in [9.17, 15) is 0 Å². The zero-order chi connectivity index (χ0) is 16.1. The van der Waals surface area contributed by atoms with E-state index in [0.29, 0.717) is 17.3 Å². The normalized spacial score (nSPS) is 9.96. The van der Waals surface area contributed by atoms with Crippen LogP contribution < -0.4 is 5.32 Å². The number of rotatable bonds is 4. The van der Waals surface area contributed by atoms with Gasteiger partial charge in [0.1, 0.15) is 5.82 Å². The van der Waals surface area contributed by atoms with Gasteiger partial charge in [0.2, 0.25) is 0 Å². The molecule has 0 atom stereocenters. The number of aryl methyl sites for hydroxylation is 1. The molecule has 0 aliphatic heterocycles. The average Bonchev–Trinajstić information content (AvgIpc) is 2.58. The number of aromatic nitrogens is 2. The van der Waals surface area contributed by atoms with Crippen molar-refractivity contribution >= 4 is 17.2 Å². The number of anilines is 2. The Morgan fingerprint density at radius 3 is 2.78 bits per heavy atom. The molecule has 0 bridgehead atoms. The van der Waals surface area contributed by atoms with Crippen molar-refractivity contribution in [2.24, 2.45) is 5.11 Å². The number of nitrogens with zero attached hydrogens (tertiary/aromatic N) is 5. The maximum atomic E-state index is 8.53. The van der Waals surface area contributed by atoms with Crippen molar-refractivity contribution < 1.29 is 0 Å². The van der Waals surface area contributed by atoms with Gasteiger partial charge in [0.15, 0.2) is 5.82 Å². The van der Waals surface area contributed by atoms with Gasteiger partial charge in [0.05, 0.1) is 0 Å². The lowest BCUT2D eigenvalue weighted by molar-refractivity contribution is 1.17. The predicted molar refractivity (Wildman–Crippen MR) is 90.7 cm³/mol. The van der Waals surface area contributed by atoms with E-state index in [-0.39, 0.29) is 0 Å². The lowest BCUT2D eigenvalue weighted by atomic mass is 10.2. The first-order valence-corrected chi connectivity index (χ1v) is 7.07. The molecule has 0 aliphatic rings. The van der Waals surface area contributed by atoms with E-state index in [2.05, 4.69) is 25.3 Å². The van der Waals surface area contributed by atoms with E-state index in [1.807, 2.05) is 49.4 Å². The van der Waals surface area contributed by atoms with Gasteiger partial charge in [0, 0.05) is 28.0 Å². The van der Waals surface area contributed by atoms with Crippen LogP contribution in [0.4, 0.5) is 17.2 Å². The zero-order valence-corrected chi connectivity index (χ0v) is 12.5. The monoisotopic (exact) mass is 302 g/mol. The SMILES string of the molecule is Cc1ccccc1Nc1ccnc(-c2cccc(N=[N+]=[N-])c2)n1. The summed E-state index contributed by atoms with van der Waals surface area (Å²) in [5.74, 6) is 1.28. The Labute approximate surface area is 133 Å². The van der Waals surface area contributed by atoms with Gasteiger partial charge in [-0.2, -0.15) is 0 Å². The smallest absolute Gasteiger partial charge is 0.161 e. The maximum Gasteiger partial charge on any atom is 0.161 e. The second kappa shape index (κ2) is 6.60. The van der Waals surface area contributed by atoms with Crippen molar-refractivity contribution in [1.82, 2.24) is 9.97 Å². The molecule has 1 heterocycles. The average molecular weight is 302 g/mol. The largest absolute Gasteiger partial charge is 0.340 e. The second-order valence-electron chi connectivity index (χ2n) is 4.95. The third-order valence-corrected chi connectivity index (χ3v) is 3.33. The van der Waals surface area contributed by atoms with Crippen LogP contribution in [0.2, 0.25) is 0 Å². The Morgan fingerprint density at radius 2 is 1.96 bits per heavy atom. The molecule has 3 rings (SSSR count). The van der Waals surface area contributed by atoms with Crippen molar-refractivity contribution in [3.05, 3.63) is 76.8 Å². The molecule has 0 unspecified atom stereocenters. The topological polar surface area (TPSA) is 86.6 Å². The predicted octanol–water partition coefficient (Wildman–Crippen LogP) is 5.14. The maximum absolute atomic E-state index is 8.53. The number of benzene rings is 2. The van der Waals surface area contributed by atoms with Crippen LogP contribution >= 0.6 is 0 Å². The molecule has 6 heteroatoms. The van der Waals surface area contributed by atoms with Crippen molar-refractivity contribution in [2.45, 2.75) is 6.92 Å². The minimum Gasteiger partial charge on any atom is -0.340 e. The molecule has 0 spiro atoms. The summed E-state index contributed by atoms with van der Waals surface area (Å²) in [5.41, 5.74) is 12.0. The highest BCUT2D eigenvalue weighted by atomic mass is 15.1. The van der Waals surface area contributed by atoms with Gasteiger partial charge in [-0.15, -0.1) is 0 Å². The van der Waals surface area contributed by atoms with Crippen molar-refractivity contribution in [3.63, 3.8) is 0 Å². The Balaban J connectivity index is 1.92. The summed E-state index contributed by atoms with van der Waals surface area (Å²) in [6.07, 6.45) is 1.70. The Morgan fingerprint density at radius 1 is 1.09 bits per heavy atom. The Hall–Kier alpha value is -3.37. The quantitative estimate of drug-likeness (QED) is 0.411. The van der Waals surface area contributed by atoms with E-state index in [1.165, 1.54) is 0 Å². The molecule has 2 aromatic carbocycles. The number of hydrogen-bond acceptors (Lipinski definition) is 4. The molecule has 0 fully saturated rings. The summed E-state index contributed by atoms with van der Waals surface area (Å²) < 4.78 is 0. The van der Waals surface area contributed by atoms with Crippen molar-refractivity contribution in [1.29, 1.82) is 0 Å². The van der Waals surface area contributed by atoms with Crippen LogP contribution in [-0.2, 0) is 0 Å². The molecule has 0 saturated heterocycles. The fraction of sp³-hybridized carbons (Fsp3) is 0.0588. The summed E-state index contributed by atoms with van der Waals surface area (Å²) in [7, 11) is 0. The van der Waals surface area contributed by atoms with Gasteiger partial charge in [-0.1, -0.05) is 41.5 Å². The highest BCUT2D eigenvalue weighted by molar-refractivity contribution is 5.65. The second-order valence-corrected chi connectivity index (χ2v) is 4.95. The van der Waals surface area contributed by atoms with Crippen molar-refractivity contribution in [3.8, 4) is 11.4 Å². The first-order valence-electron chi connectivity index (χ1n) is 7.07. The van der Waals surface area contributed by atoms with Crippen LogP contribution in [0.3, 0.4) is 0 Å². The van der Waals surface area contributed by atoms with Gasteiger partial charge in [0.25, 0.3) is 0 Å². The molecule has 0 amide bonds. The molecule has 0 saturated carbocycles. The lowest BCUT2D eigenvalue weighted by Crippen LogP contribution is -1.98. The summed E-state index contributed by atoms with van der Waals surface area (Å²) in [5, 5.41) is 6.89. The number of azide groups is 1. The molecule has 112 valence electrons. The molecule has 23 heavy (non-hydrogen) atoms. The molecule has 0 aliphatic carbocycles. The third-order valence-electron chi connectivity index (χ3n) is 3.33. The van der Waals surface area contributed by atoms with E-state index in [4.69, 9.17) is 5.53 Å².